The van der Waals surface area contributed by atoms with Gasteiger partial charge in [-0.15, -0.1) is 0 Å². The third kappa shape index (κ3) is 6.65. The molecule has 0 heterocycles. The number of hydrogen-bond acceptors (Lipinski definition) is 6. The zero-order valence-corrected chi connectivity index (χ0v) is 15.0. The van der Waals surface area contributed by atoms with Gasteiger partial charge in [0.15, 0.2) is 6.61 Å². The van der Waals surface area contributed by atoms with Gasteiger partial charge < -0.3 is 14.8 Å². The number of benzene rings is 1. The Hall–Kier alpha value is -3.04. The Balaban J connectivity index is 2.72. The maximum Gasteiger partial charge on any atom is 0.413 e. The fraction of sp³-hybridized carbons (Fsp3) is 0.412. The van der Waals surface area contributed by atoms with E-state index in [1.807, 2.05) is 5.32 Å². The number of carbonyl (C=O) groups is 4. The third-order valence-corrected chi connectivity index (χ3v) is 3.26. The van der Waals surface area contributed by atoms with Crippen molar-refractivity contribution in [2.45, 2.75) is 26.8 Å². The van der Waals surface area contributed by atoms with Crippen molar-refractivity contribution in [2.75, 3.05) is 13.2 Å². The van der Waals surface area contributed by atoms with E-state index >= 15 is 0 Å². The minimum Gasteiger partial charge on any atom is -0.454 e. The summed E-state index contributed by atoms with van der Waals surface area (Å²) in [7, 11) is 0. The Labute approximate surface area is 154 Å². The van der Waals surface area contributed by atoms with Crippen molar-refractivity contribution in [3.63, 3.8) is 0 Å². The maximum absolute atomic E-state index is 13.7. The highest BCUT2D eigenvalue weighted by Crippen LogP contribution is 2.13. The summed E-state index contributed by atoms with van der Waals surface area (Å²) in [4.78, 5) is 46.8. The molecule has 1 aromatic carbocycles. The molecule has 0 aliphatic rings. The maximum atomic E-state index is 13.7. The largest absolute Gasteiger partial charge is 0.454 e. The van der Waals surface area contributed by atoms with E-state index in [0.717, 1.165) is 18.2 Å². The second-order valence-corrected chi connectivity index (χ2v) is 5.67. The molecule has 148 valence electrons. The van der Waals surface area contributed by atoms with Crippen LogP contribution >= 0.6 is 0 Å². The second-order valence-electron chi connectivity index (χ2n) is 5.67. The van der Waals surface area contributed by atoms with Crippen LogP contribution in [0.2, 0.25) is 0 Å². The Morgan fingerprint density at radius 3 is 2.19 bits per heavy atom. The van der Waals surface area contributed by atoms with E-state index in [9.17, 15) is 28.0 Å². The lowest BCUT2D eigenvalue weighted by molar-refractivity contribution is -0.151. The van der Waals surface area contributed by atoms with Crippen molar-refractivity contribution in [3.05, 3.63) is 35.4 Å². The van der Waals surface area contributed by atoms with E-state index in [2.05, 4.69) is 10.1 Å². The Morgan fingerprint density at radius 1 is 1.07 bits per heavy atom. The Morgan fingerprint density at radius 2 is 1.67 bits per heavy atom. The van der Waals surface area contributed by atoms with Gasteiger partial charge in [0.1, 0.15) is 23.2 Å². The molecule has 0 fully saturated rings. The molecular weight excluding hydrogens is 366 g/mol. The number of rotatable bonds is 7. The van der Waals surface area contributed by atoms with Gasteiger partial charge >= 0.3 is 12.1 Å². The number of amides is 3. The number of ether oxygens (including phenoxy) is 2. The standard InChI is InChI=1S/C17H20F2N2O6/c1-4-26-17(25)20-12(22)8-27-16(24)14(9(2)3)21-15(23)13-10(18)6-5-7-11(13)19/h5-7,9,14H,4,8H2,1-3H3,(H,21,23)(H,20,22,25)/t14-/m0/s1. The molecule has 0 radical (unpaired) electrons. The zero-order chi connectivity index (χ0) is 20.6. The molecule has 0 saturated heterocycles. The van der Waals surface area contributed by atoms with Crippen LogP contribution < -0.4 is 10.6 Å². The van der Waals surface area contributed by atoms with Crippen LogP contribution in [0.25, 0.3) is 0 Å². The van der Waals surface area contributed by atoms with Crippen LogP contribution in [0.5, 0.6) is 0 Å². The fourth-order valence-electron chi connectivity index (χ4n) is 1.97. The molecule has 0 unspecified atom stereocenters. The first kappa shape index (κ1) is 22.0. The molecule has 0 saturated carbocycles. The average molecular weight is 386 g/mol. The van der Waals surface area contributed by atoms with Crippen LogP contribution in [0, 0.1) is 17.6 Å². The second kappa shape index (κ2) is 10.2. The summed E-state index contributed by atoms with van der Waals surface area (Å²) >= 11 is 0. The van der Waals surface area contributed by atoms with E-state index < -0.39 is 59.6 Å². The molecule has 0 aliphatic carbocycles. The van der Waals surface area contributed by atoms with Gasteiger partial charge in [-0.25, -0.2) is 18.4 Å². The van der Waals surface area contributed by atoms with Crippen LogP contribution in [0.1, 0.15) is 31.1 Å². The molecule has 10 heteroatoms. The van der Waals surface area contributed by atoms with E-state index in [4.69, 9.17) is 4.74 Å². The van der Waals surface area contributed by atoms with Gasteiger partial charge in [-0.2, -0.15) is 0 Å². The topological polar surface area (TPSA) is 111 Å². The number of carbonyl (C=O) groups excluding carboxylic acids is 4. The summed E-state index contributed by atoms with van der Waals surface area (Å²) in [6.07, 6.45) is -0.998. The van der Waals surface area contributed by atoms with E-state index in [1.54, 1.807) is 20.8 Å². The van der Waals surface area contributed by atoms with E-state index in [0.29, 0.717) is 0 Å². The predicted molar refractivity (Wildman–Crippen MR) is 88.6 cm³/mol. The molecule has 1 rings (SSSR count). The molecular formula is C17H20F2N2O6. The molecule has 0 spiro atoms. The van der Waals surface area contributed by atoms with E-state index in [-0.39, 0.29) is 6.61 Å². The minimum atomic E-state index is -1.27. The number of esters is 1. The van der Waals surface area contributed by atoms with Gasteiger partial charge in [0, 0.05) is 0 Å². The van der Waals surface area contributed by atoms with Crippen molar-refractivity contribution in [2.24, 2.45) is 5.92 Å². The number of imide groups is 1. The van der Waals surface area contributed by atoms with Gasteiger partial charge in [0.2, 0.25) is 0 Å². The summed E-state index contributed by atoms with van der Waals surface area (Å²) in [6, 6.07) is 1.63. The summed E-state index contributed by atoms with van der Waals surface area (Å²) in [5.41, 5.74) is -0.837. The number of nitrogens with one attached hydrogen (secondary N) is 2. The normalized spacial score (nSPS) is 11.5. The molecule has 3 amide bonds. The summed E-state index contributed by atoms with van der Waals surface area (Å²) in [5, 5.41) is 4.00. The first-order valence-electron chi connectivity index (χ1n) is 8.05. The van der Waals surface area contributed by atoms with Crippen LogP contribution in [0.4, 0.5) is 13.6 Å². The van der Waals surface area contributed by atoms with Crippen molar-refractivity contribution >= 4 is 23.9 Å². The average Bonchev–Trinajstić information content (AvgIpc) is 2.57. The minimum absolute atomic E-state index is 0.0486. The van der Waals surface area contributed by atoms with Crippen LogP contribution in [0.3, 0.4) is 0 Å². The van der Waals surface area contributed by atoms with Crippen LogP contribution in [-0.2, 0) is 19.1 Å². The van der Waals surface area contributed by atoms with Crippen LogP contribution in [0.15, 0.2) is 18.2 Å². The first-order chi connectivity index (χ1) is 12.7. The quantitative estimate of drug-likeness (QED) is 0.688. The highest BCUT2D eigenvalue weighted by molar-refractivity contribution is 5.98. The van der Waals surface area contributed by atoms with Crippen molar-refractivity contribution < 1.29 is 37.4 Å². The molecule has 1 aromatic rings. The van der Waals surface area contributed by atoms with Gasteiger partial charge in [-0.3, -0.25) is 14.9 Å². The lowest BCUT2D eigenvalue weighted by Gasteiger charge is -2.21. The van der Waals surface area contributed by atoms with Gasteiger partial charge in [0.05, 0.1) is 6.61 Å². The highest BCUT2D eigenvalue weighted by Gasteiger charge is 2.29. The lowest BCUT2D eigenvalue weighted by atomic mass is 10.0. The molecule has 0 aromatic heterocycles. The fourth-order valence-corrected chi connectivity index (χ4v) is 1.97. The Kier molecular flexibility index (Phi) is 8.31. The number of alkyl carbamates (subject to hydrolysis) is 1. The summed E-state index contributed by atoms with van der Waals surface area (Å²) < 4.78 is 36.6. The van der Waals surface area contributed by atoms with Crippen molar-refractivity contribution in [3.8, 4) is 0 Å². The van der Waals surface area contributed by atoms with Gasteiger partial charge in [0.25, 0.3) is 11.8 Å². The smallest absolute Gasteiger partial charge is 0.413 e. The molecule has 2 N–H and O–H groups in total. The Bertz CT molecular complexity index is 703. The first-order valence-corrected chi connectivity index (χ1v) is 8.05. The van der Waals surface area contributed by atoms with E-state index in [1.165, 1.54) is 0 Å². The predicted octanol–water partition coefficient (Wildman–Crippen LogP) is 1.54. The SMILES string of the molecule is CCOC(=O)NC(=O)COC(=O)[C@@H](NC(=O)c1c(F)cccc1F)C(C)C. The summed E-state index contributed by atoms with van der Waals surface area (Å²) in [5.74, 6) is -5.76. The van der Waals surface area contributed by atoms with Crippen molar-refractivity contribution in [1.82, 2.24) is 10.6 Å². The number of hydrogen-bond donors (Lipinski definition) is 2. The molecule has 8 nitrogen and oxygen atoms in total. The lowest BCUT2D eigenvalue weighted by Crippen LogP contribution is -2.46. The monoisotopic (exact) mass is 386 g/mol. The van der Waals surface area contributed by atoms with Gasteiger partial charge in [-0.1, -0.05) is 19.9 Å². The molecule has 0 aliphatic heterocycles. The molecule has 0 bridgehead atoms. The van der Waals surface area contributed by atoms with Crippen molar-refractivity contribution in [1.29, 1.82) is 0 Å². The third-order valence-electron chi connectivity index (χ3n) is 3.26. The molecule has 1 atom stereocenters. The van der Waals surface area contributed by atoms with Gasteiger partial charge in [-0.05, 0) is 25.0 Å². The van der Waals surface area contributed by atoms with Crippen LogP contribution in [-0.4, -0.2) is 43.1 Å². The zero-order valence-electron chi connectivity index (χ0n) is 15.0. The molecule has 27 heavy (non-hydrogen) atoms. The summed E-state index contributed by atoms with van der Waals surface area (Å²) in [6.45, 7) is 3.90. The highest BCUT2D eigenvalue weighted by atomic mass is 19.1. The number of halogens is 2.